The molecule has 0 N–H and O–H groups in total. The number of para-hydroxylation sites is 1. The zero-order valence-corrected chi connectivity index (χ0v) is 35.0. The minimum Gasteiger partial charge on any atom is -0.338 e. The fourth-order valence-corrected chi connectivity index (χ4v) is 10.6. The van der Waals surface area contributed by atoms with Crippen LogP contribution in [0, 0.1) is 0 Å². The van der Waals surface area contributed by atoms with E-state index in [1.165, 1.54) is 97.5 Å². The zero-order valence-electron chi connectivity index (χ0n) is 35.0. The maximum absolute atomic E-state index is 2.65. The molecular formula is C59H50N2. The fourth-order valence-electron chi connectivity index (χ4n) is 10.6. The summed E-state index contributed by atoms with van der Waals surface area (Å²) in [5, 5.41) is 5.04. The molecule has 11 rings (SSSR count). The minimum absolute atomic E-state index is 0.202. The van der Waals surface area contributed by atoms with E-state index in [1.54, 1.807) is 0 Å². The molecule has 0 amide bonds. The van der Waals surface area contributed by atoms with Gasteiger partial charge in [-0.25, -0.2) is 0 Å². The third kappa shape index (κ3) is 6.68. The third-order valence-corrected chi connectivity index (χ3v) is 13.8. The van der Waals surface area contributed by atoms with Gasteiger partial charge in [-0.1, -0.05) is 159 Å². The molecule has 9 aromatic carbocycles. The molecule has 1 fully saturated rings. The van der Waals surface area contributed by atoms with Crippen molar-refractivity contribution in [2.45, 2.75) is 56.9 Å². The van der Waals surface area contributed by atoms with E-state index in [2.05, 4.69) is 230 Å². The van der Waals surface area contributed by atoms with E-state index in [0.717, 1.165) is 17.1 Å². The quantitative estimate of drug-likeness (QED) is 0.142. The number of hydrogen-bond acceptors (Lipinski definition) is 2. The van der Waals surface area contributed by atoms with E-state index in [9.17, 15) is 0 Å². The second-order valence-corrected chi connectivity index (χ2v) is 17.6. The lowest BCUT2D eigenvalue weighted by atomic mass is 9.80. The van der Waals surface area contributed by atoms with Crippen LogP contribution in [-0.4, -0.2) is 6.04 Å². The Morgan fingerprint density at radius 3 is 1.61 bits per heavy atom. The smallest absolute Gasteiger partial charge is 0.0468 e. The average Bonchev–Trinajstić information content (AvgIpc) is 3.55. The number of nitrogens with zero attached hydrogens (tertiary/aromatic N) is 2. The molecule has 1 saturated carbocycles. The average molecular weight is 787 g/mol. The van der Waals surface area contributed by atoms with Crippen molar-refractivity contribution < 1.29 is 0 Å². The summed E-state index contributed by atoms with van der Waals surface area (Å²) < 4.78 is 0. The van der Waals surface area contributed by atoms with Crippen LogP contribution in [0.4, 0.5) is 28.4 Å². The highest BCUT2D eigenvalue weighted by Gasteiger charge is 2.37. The summed E-state index contributed by atoms with van der Waals surface area (Å²) in [7, 11) is 0. The van der Waals surface area contributed by atoms with E-state index >= 15 is 0 Å². The van der Waals surface area contributed by atoms with E-state index < -0.39 is 0 Å². The SMILES string of the molecule is CC1(C)c2cc(N(c3ccc(-c4ccccc4)cc3)c3ccc4ccc5ccccc5c4c3)ccc2-c2ccc(N(c3ccccc3)C3CCC(c4ccccc4)CC3)cc21. The molecule has 0 unspecified atom stereocenters. The van der Waals surface area contributed by atoms with Crippen LogP contribution in [-0.2, 0) is 5.41 Å². The number of hydrogen-bond donors (Lipinski definition) is 0. The van der Waals surface area contributed by atoms with Crippen LogP contribution >= 0.6 is 0 Å². The Bertz CT molecular complexity index is 3000. The maximum atomic E-state index is 2.65. The van der Waals surface area contributed by atoms with E-state index in [4.69, 9.17) is 0 Å². The van der Waals surface area contributed by atoms with Crippen LogP contribution in [0.25, 0.3) is 43.8 Å². The first-order valence-corrected chi connectivity index (χ1v) is 22.1. The number of rotatable bonds is 8. The maximum Gasteiger partial charge on any atom is 0.0468 e. The molecule has 2 nitrogen and oxygen atoms in total. The fraction of sp³-hybridized carbons (Fsp3) is 0.153. The predicted molar refractivity (Wildman–Crippen MR) is 259 cm³/mol. The van der Waals surface area contributed by atoms with Crippen molar-refractivity contribution in [1.82, 2.24) is 0 Å². The molecule has 9 aromatic rings. The van der Waals surface area contributed by atoms with Gasteiger partial charge in [-0.15, -0.1) is 0 Å². The first kappa shape index (κ1) is 37.1. The van der Waals surface area contributed by atoms with Crippen LogP contribution in [0.5, 0.6) is 0 Å². The van der Waals surface area contributed by atoms with Gasteiger partial charge >= 0.3 is 0 Å². The molecule has 0 aromatic heterocycles. The minimum atomic E-state index is -0.202. The van der Waals surface area contributed by atoms with Gasteiger partial charge in [-0.2, -0.15) is 0 Å². The number of anilines is 5. The van der Waals surface area contributed by atoms with E-state index in [-0.39, 0.29) is 5.41 Å². The van der Waals surface area contributed by atoms with Gasteiger partial charge in [-0.05, 0) is 153 Å². The van der Waals surface area contributed by atoms with Gasteiger partial charge in [-0.3, -0.25) is 0 Å². The number of fused-ring (bicyclic) bond motifs is 6. The standard InChI is InChI=1S/C59H50N2/c1-59(2)57-39-51(60(47-19-10-5-11-20-47)48-29-24-43(25-30-48)41-14-6-3-7-15-41)34-36-54(57)55-37-35-52(40-58(55)59)61(49-31-26-44(27-32-49)42-16-8-4-9-17-42)50-33-28-46-23-22-45-18-12-13-21-53(45)56(46)38-50/h3-23,26-28,31-40,43,48H,24-25,29-30H2,1-2H3. The van der Waals surface area contributed by atoms with E-state index in [0.29, 0.717) is 12.0 Å². The van der Waals surface area contributed by atoms with Crippen LogP contribution < -0.4 is 9.80 Å². The van der Waals surface area contributed by atoms with Gasteiger partial charge < -0.3 is 9.80 Å². The van der Waals surface area contributed by atoms with Crippen molar-refractivity contribution in [3.05, 3.63) is 223 Å². The third-order valence-electron chi connectivity index (χ3n) is 13.8. The molecule has 0 atom stereocenters. The highest BCUT2D eigenvalue weighted by Crippen LogP contribution is 2.53. The molecule has 2 heteroatoms. The van der Waals surface area contributed by atoms with Crippen molar-refractivity contribution in [2.24, 2.45) is 0 Å². The molecular weight excluding hydrogens is 737 g/mol. The molecule has 61 heavy (non-hydrogen) atoms. The van der Waals surface area contributed by atoms with Crippen molar-refractivity contribution in [3.63, 3.8) is 0 Å². The summed E-state index contributed by atoms with van der Waals surface area (Å²) in [6, 6.07) is 77.1. The topological polar surface area (TPSA) is 6.48 Å². The monoisotopic (exact) mass is 786 g/mol. The summed E-state index contributed by atoms with van der Waals surface area (Å²) in [6.07, 6.45) is 4.76. The van der Waals surface area contributed by atoms with Crippen molar-refractivity contribution in [3.8, 4) is 22.3 Å². The van der Waals surface area contributed by atoms with Crippen molar-refractivity contribution >= 4 is 50.0 Å². The van der Waals surface area contributed by atoms with Crippen molar-refractivity contribution in [2.75, 3.05) is 9.80 Å². The Kier molecular flexibility index (Phi) is 9.30. The summed E-state index contributed by atoms with van der Waals surface area (Å²) >= 11 is 0. The lowest BCUT2D eigenvalue weighted by molar-refractivity contribution is 0.392. The van der Waals surface area contributed by atoms with Gasteiger partial charge in [0.15, 0.2) is 0 Å². The molecule has 0 radical (unpaired) electrons. The van der Waals surface area contributed by atoms with Gasteiger partial charge in [0.1, 0.15) is 0 Å². The summed E-state index contributed by atoms with van der Waals surface area (Å²) in [6.45, 7) is 4.84. The Morgan fingerprint density at radius 2 is 0.902 bits per heavy atom. The first-order chi connectivity index (χ1) is 30.0. The second kappa shape index (κ2) is 15.3. The molecule has 0 aliphatic heterocycles. The largest absolute Gasteiger partial charge is 0.338 e. The highest BCUT2D eigenvalue weighted by atomic mass is 15.2. The van der Waals surface area contributed by atoms with Crippen LogP contribution in [0.15, 0.2) is 206 Å². The van der Waals surface area contributed by atoms with Gasteiger partial charge in [0.2, 0.25) is 0 Å². The second-order valence-electron chi connectivity index (χ2n) is 17.6. The zero-order chi connectivity index (χ0) is 40.9. The number of benzene rings is 9. The van der Waals surface area contributed by atoms with Gasteiger partial charge in [0.25, 0.3) is 0 Å². The molecule has 0 saturated heterocycles. The Hall–Kier alpha value is -6.90. The Balaban J connectivity index is 0.981. The lowest BCUT2D eigenvalue weighted by Gasteiger charge is -2.39. The van der Waals surface area contributed by atoms with Crippen LogP contribution in [0.1, 0.15) is 62.1 Å². The van der Waals surface area contributed by atoms with Gasteiger partial charge in [0, 0.05) is 39.9 Å². The predicted octanol–water partition coefficient (Wildman–Crippen LogP) is 16.3. The van der Waals surface area contributed by atoms with Gasteiger partial charge in [0.05, 0.1) is 0 Å². The Labute approximate surface area is 360 Å². The van der Waals surface area contributed by atoms with Crippen LogP contribution in [0.3, 0.4) is 0 Å². The van der Waals surface area contributed by atoms with Crippen LogP contribution in [0.2, 0.25) is 0 Å². The summed E-state index contributed by atoms with van der Waals surface area (Å²) in [5.41, 5.74) is 15.2. The molecule has 0 spiro atoms. The first-order valence-electron chi connectivity index (χ1n) is 22.1. The lowest BCUT2D eigenvalue weighted by Crippen LogP contribution is -2.34. The molecule has 2 aliphatic rings. The molecule has 0 heterocycles. The summed E-state index contributed by atoms with van der Waals surface area (Å²) in [4.78, 5) is 5.10. The molecule has 0 bridgehead atoms. The van der Waals surface area contributed by atoms with E-state index in [1.807, 2.05) is 0 Å². The van der Waals surface area contributed by atoms with Crippen molar-refractivity contribution in [1.29, 1.82) is 0 Å². The highest BCUT2D eigenvalue weighted by molar-refractivity contribution is 6.09. The Morgan fingerprint density at radius 1 is 0.393 bits per heavy atom. The molecule has 2 aliphatic carbocycles. The summed E-state index contributed by atoms with van der Waals surface area (Å²) in [5.74, 6) is 0.632. The molecule has 296 valence electrons. The normalized spacial score (nSPS) is 16.6.